The Balaban J connectivity index is 1.79. The largest absolute Gasteiger partial charge is 0.457 e. The van der Waals surface area contributed by atoms with E-state index in [0.29, 0.717) is 6.42 Å². The number of nitrogens with zero attached hydrogens (tertiary/aromatic N) is 1. The van der Waals surface area contributed by atoms with Crippen LogP contribution in [0.25, 0.3) is 0 Å². The van der Waals surface area contributed by atoms with Crippen molar-refractivity contribution in [3.63, 3.8) is 0 Å². The van der Waals surface area contributed by atoms with Crippen LogP contribution < -0.4 is 10.2 Å². The summed E-state index contributed by atoms with van der Waals surface area (Å²) in [6.45, 7) is 0. The maximum atomic E-state index is 11.6. The molecule has 0 bridgehead atoms. The molecular weight excluding hydrogens is 268 g/mol. The van der Waals surface area contributed by atoms with Crippen LogP contribution in [-0.2, 0) is 17.6 Å². The van der Waals surface area contributed by atoms with Crippen LogP contribution in [-0.4, -0.2) is 16.1 Å². The molecule has 1 unspecified atom stereocenters. The number of rotatable bonds is 3. The molecule has 5 nitrogen and oxygen atoms in total. The number of hydroxylamine groups is 1. The molecule has 1 aliphatic rings. The third-order valence-electron chi connectivity index (χ3n) is 3.77. The van der Waals surface area contributed by atoms with Crippen molar-refractivity contribution in [2.24, 2.45) is 5.92 Å². The van der Waals surface area contributed by atoms with Gasteiger partial charge < -0.3 is 4.74 Å². The molecule has 0 radical (unpaired) electrons. The number of benzene rings is 1. The molecular formula is C16H16N2O3. The average molecular weight is 284 g/mol. The van der Waals surface area contributed by atoms with Crippen LogP contribution in [0.3, 0.4) is 0 Å². The molecule has 1 amide bonds. The van der Waals surface area contributed by atoms with Crippen molar-refractivity contribution in [2.75, 3.05) is 0 Å². The molecule has 108 valence electrons. The van der Waals surface area contributed by atoms with E-state index in [-0.39, 0.29) is 11.8 Å². The van der Waals surface area contributed by atoms with Crippen molar-refractivity contribution < 1.29 is 14.7 Å². The number of hydrogen-bond acceptors (Lipinski definition) is 4. The van der Waals surface area contributed by atoms with Gasteiger partial charge in [-0.2, -0.15) is 0 Å². The van der Waals surface area contributed by atoms with Crippen LogP contribution >= 0.6 is 0 Å². The summed E-state index contributed by atoms with van der Waals surface area (Å²) in [5.41, 5.74) is 4.08. The third kappa shape index (κ3) is 3.03. The average Bonchev–Trinajstić information content (AvgIpc) is 2.54. The van der Waals surface area contributed by atoms with Crippen LogP contribution in [0, 0.1) is 5.92 Å². The number of ether oxygens (including phenoxy) is 1. The van der Waals surface area contributed by atoms with E-state index in [1.165, 1.54) is 5.56 Å². The van der Waals surface area contributed by atoms with Gasteiger partial charge in [-0.3, -0.25) is 15.0 Å². The zero-order valence-corrected chi connectivity index (χ0v) is 11.5. The van der Waals surface area contributed by atoms with E-state index in [1.54, 1.807) is 30.0 Å². The summed E-state index contributed by atoms with van der Waals surface area (Å²) in [7, 11) is 0. The highest BCUT2D eigenvalue weighted by atomic mass is 16.5. The summed E-state index contributed by atoms with van der Waals surface area (Å²) in [5.74, 6) is 0.968. The van der Waals surface area contributed by atoms with Gasteiger partial charge in [0.25, 0.3) is 0 Å². The fourth-order valence-corrected chi connectivity index (χ4v) is 2.65. The Labute approximate surface area is 122 Å². The zero-order chi connectivity index (χ0) is 14.7. The molecule has 0 aliphatic heterocycles. The first-order chi connectivity index (χ1) is 10.3. The SMILES string of the molecule is O=C(NO)C1CCc2ccc(Oc3ccncc3)cc2C1. The third-order valence-corrected chi connectivity index (χ3v) is 3.77. The standard InChI is InChI=1S/C16H16N2O3/c19-16(18-20)12-2-1-11-3-4-15(10-13(11)9-12)21-14-5-7-17-8-6-14/h3-8,10,12,20H,1-2,9H2,(H,18,19). The van der Waals surface area contributed by atoms with E-state index in [0.717, 1.165) is 29.9 Å². The molecule has 0 fully saturated rings. The molecule has 2 aromatic rings. The number of fused-ring (bicyclic) bond motifs is 1. The van der Waals surface area contributed by atoms with E-state index >= 15 is 0 Å². The summed E-state index contributed by atoms with van der Waals surface area (Å²) in [5, 5.41) is 8.75. The minimum absolute atomic E-state index is 0.182. The topological polar surface area (TPSA) is 71.5 Å². The molecule has 0 saturated heterocycles. The lowest BCUT2D eigenvalue weighted by molar-refractivity contribution is -0.133. The molecule has 1 atom stereocenters. The van der Waals surface area contributed by atoms with Crippen molar-refractivity contribution in [1.82, 2.24) is 10.5 Å². The highest BCUT2D eigenvalue weighted by molar-refractivity contribution is 5.78. The Morgan fingerprint density at radius 2 is 2.00 bits per heavy atom. The Hall–Kier alpha value is -2.40. The number of amides is 1. The first-order valence-electron chi connectivity index (χ1n) is 6.90. The van der Waals surface area contributed by atoms with Crippen LogP contribution in [0.5, 0.6) is 11.5 Å². The van der Waals surface area contributed by atoms with Gasteiger partial charge in [0.1, 0.15) is 11.5 Å². The van der Waals surface area contributed by atoms with Crippen LogP contribution in [0.4, 0.5) is 0 Å². The summed E-state index contributed by atoms with van der Waals surface area (Å²) in [4.78, 5) is 15.5. The molecule has 0 saturated carbocycles. The van der Waals surface area contributed by atoms with E-state index in [1.807, 2.05) is 18.2 Å². The fourth-order valence-electron chi connectivity index (χ4n) is 2.65. The van der Waals surface area contributed by atoms with E-state index in [9.17, 15) is 4.79 Å². The number of carbonyl (C=O) groups excluding carboxylic acids is 1. The molecule has 1 aromatic heterocycles. The quantitative estimate of drug-likeness (QED) is 0.671. The lowest BCUT2D eigenvalue weighted by Crippen LogP contribution is -2.31. The minimum atomic E-state index is -0.318. The van der Waals surface area contributed by atoms with Crippen molar-refractivity contribution in [3.8, 4) is 11.5 Å². The van der Waals surface area contributed by atoms with Crippen LogP contribution in [0.1, 0.15) is 17.5 Å². The second-order valence-corrected chi connectivity index (χ2v) is 5.13. The fraction of sp³-hybridized carbons (Fsp3) is 0.250. The Bertz CT molecular complexity index is 643. The van der Waals surface area contributed by atoms with Crippen molar-refractivity contribution in [2.45, 2.75) is 19.3 Å². The number of nitrogens with one attached hydrogen (secondary N) is 1. The van der Waals surface area contributed by atoms with Crippen molar-refractivity contribution in [3.05, 3.63) is 53.9 Å². The van der Waals surface area contributed by atoms with Gasteiger partial charge in [-0.15, -0.1) is 0 Å². The van der Waals surface area contributed by atoms with Crippen LogP contribution in [0.15, 0.2) is 42.7 Å². The monoisotopic (exact) mass is 284 g/mol. The van der Waals surface area contributed by atoms with E-state index in [2.05, 4.69) is 4.98 Å². The van der Waals surface area contributed by atoms with Gasteiger partial charge in [-0.05, 0) is 54.7 Å². The minimum Gasteiger partial charge on any atom is -0.457 e. The molecule has 1 aromatic carbocycles. The lowest BCUT2D eigenvalue weighted by atomic mass is 9.83. The maximum absolute atomic E-state index is 11.6. The summed E-state index contributed by atoms with van der Waals surface area (Å²) < 4.78 is 5.78. The highest BCUT2D eigenvalue weighted by Gasteiger charge is 2.24. The predicted molar refractivity (Wildman–Crippen MR) is 76.2 cm³/mol. The van der Waals surface area contributed by atoms with Gasteiger partial charge in [0.2, 0.25) is 5.91 Å². The molecule has 5 heteroatoms. The second-order valence-electron chi connectivity index (χ2n) is 5.13. The summed E-state index contributed by atoms with van der Waals surface area (Å²) in [6, 6.07) is 9.53. The van der Waals surface area contributed by atoms with Crippen molar-refractivity contribution in [1.29, 1.82) is 0 Å². The summed E-state index contributed by atoms with van der Waals surface area (Å²) >= 11 is 0. The number of carbonyl (C=O) groups is 1. The Kier molecular flexibility index (Phi) is 3.83. The lowest BCUT2D eigenvalue weighted by Gasteiger charge is -2.23. The number of hydrogen-bond donors (Lipinski definition) is 2. The normalized spacial score (nSPS) is 16.9. The highest BCUT2D eigenvalue weighted by Crippen LogP contribution is 2.30. The number of pyridine rings is 1. The molecule has 21 heavy (non-hydrogen) atoms. The Morgan fingerprint density at radius 1 is 1.19 bits per heavy atom. The van der Waals surface area contributed by atoms with Gasteiger partial charge in [-0.25, -0.2) is 5.48 Å². The molecule has 1 aliphatic carbocycles. The van der Waals surface area contributed by atoms with E-state index < -0.39 is 0 Å². The zero-order valence-electron chi connectivity index (χ0n) is 11.5. The van der Waals surface area contributed by atoms with E-state index in [4.69, 9.17) is 9.94 Å². The second kappa shape index (κ2) is 5.93. The number of aromatic nitrogens is 1. The van der Waals surface area contributed by atoms with Gasteiger partial charge in [0.05, 0.1) is 0 Å². The van der Waals surface area contributed by atoms with Crippen molar-refractivity contribution >= 4 is 5.91 Å². The van der Waals surface area contributed by atoms with Gasteiger partial charge in [-0.1, -0.05) is 6.07 Å². The predicted octanol–water partition coefficient (Wildman–Crippen LogP) is 2.48. The smallest absolute Gasteiger partial charge is 0.246 e. The maximum Gasteiger partial charge on any atom is 0.246 e. The first-order valence-corrected chi connectivity index (χ1v) is 6.90. The molecule has 1 heterocycles. The molecule has 2 N–H and O–H groups in total. The Morgan fingerprint density at radius 3 is 2.76 bits per heavy atom. The van der Waals surface area contributed by atoms with Crippen LogP contribution in [0.2, 0.25) is 0 Å². The first kappa shape index (κ1) is 13.6. The molecule has 3 rings (SSSR count). The molecule has 0 spiro atoms. The summed E-state index contributed by atoms with van der Waals surface area (Å²) in [6.07, 6.45) is 5.56. The van der Waals surface area contributed by atoms with Gasteiger partial charge in [0, 0.05) is 18.3 Å². The number of aryl methyl sites for hydroxylation is 1. The van der Waals surface area contributed by atoms with Gasteiger partial charge in [0.15, 0.2) is 0 Å². The van der Waals surface area contributed by atoms with Gasteiger partial charge >= 0.3 is 0 Å².